The van der Waals surface area contributed by atoms with Crippen LogP contribution in [0.4, 0.5) is 4.39 Å². The Morgan fingerprint density at radius 3 is 2.21 bits per heavy atom. The maximum Gasteiger partial charge on any atom is 0.251 e. The standard InChI is InChI=1S/C22H21FN2O3S/c1-25(29(27,28)20-8-3-2-4-9-20)16-17-11-13-18(14-12-17)22(26)24-15-19-7-5-6-10-21(19)23/h2-14H,15-16H2,1H3,(H,24,26). The molecule has 150 valence electrons. The molecule has 0 aliphatic heterocycles. The van der Waals surface area contributed by atoms with Gasteiger partial charge in [-0.05, 0) is 35.9 Å². The van der Waals surface area contributed by atoms with Gasteiger partial charge in [-0.15, -0.1) is 0 Å². The number of rotatable bonds is 7. The summed E-state index contributed by atoms with van der Waals surface area (Å²) in [5.41, 5.74) is 1.57. The number of amides is 1. The number of nitrogens with zero attached hydrogens (tertiary/aromatic N) is 1. The van der Waals surface area contributed by atoms with E-state index in [4.69, 9.17) is 0 Å². The molecule has 0 aromatic heterocycles. The maximum atomic E-state index is 13.6. The Morgan fingerprint density at radius 2 is 1.55 bits per heavy atom. The molecule has 0 saturated carbocycles. The quantitative estimate of drug-likeness (QED) is 0.645. The molecule has 0 radical (unpaired) electrons. The topological polar surface area (TPSA) is 66.5 Å². The Labute approximate surface area is 169 Å². The van der Waals surface area contributed by atoms with Gasteiger partial charge in [0.25, 0.3) is 5.91 Å². The molecule has 1 amide bonds. The number of hydrogen-bond acceptors (Lipinski definition) is 3. The van der Waals surface area contributed by atoms with E-state index in [1.165, 1.54) is 17.4 Å². The lowest BCUT2D eigenvalue weighted by atomic mass is 10.1. The number of benzene rings is 3. The highest BCUT2D eigenvalue weighted by Crippen LogP contribution is 2.17. The highest BCUT2D eigenvalue weighted by atomic mass is 32.2. The van der Waals surface area contributed by atoms with Gasteiger partial charge in [0.1, 0.15) is 5.82 Å². The van der Waals surface area contributed by atoms with Crippen molar-refractivity contribution in [3.8, 4) is 0 Å². The summed E-state index contributed by atoms with van der Waals surface area (Å²) in [6.07, 6.45) is 0. The zero-order valence-corrected chi connectivity index (χ0v) is 16.7. The van der Waals surface area contributed by atoms with Gasteiger partial charge in [0.15, 0.2) is 0 Å². The third-order valence-corrected chi connectivity index (χ3v) is 6.29. The summed E-state index contributed by atoms with van der Waals surface area (Å²) in [6, 6.07) is 21.1. The molecule has 0 bridgehead atoms. The van der Waals surface area contributed by atoms with Crippen LogP contribution < -0.4 is 5.32 Å². The van der Waals surface area contributed by atoms with Crippen molar-refractivity contribution in [2.75, 3.05) is 7.05 Å². The zero-order valence-electron chi connectivity index (χ0n) is 15.9. The minimum absolute atomic E-state index is 0.0886. The highest BCUT2D eigenvalue weighted by molar-refractivity contribution is 7.89. The normalized spacial score (nSPS) is 11.4. The van der Waals surface area contributed by atoms with Crippen molar-refractivity contribution in [1.29, 1.82) is 0 Å². The third kappa shape index (κ3) is 5.07. The molecule has 3 aromatic rings. The first kappa shape index (κ1) is 20.7. The van der Waals surface area contributed by atoms with Crippen molar-refractivity contribution in [3.05, 3.63) is 101 Å². The molecule has 0 atom stereocenters. The second kappa shape index (κ2) is 8.98. The molecular formula is C22H21FN2O3S. The summed E-state index contributed by atoms with van der Waals surface area (Å²) < 4.78 is 40.1. The number of carbonyl (C=O) groups is 1. The molecule has 1 N–H and O–H groups in total. The van der Waals surface area contributed by atoms with Crippen LogP contribution in [0, 0.1) is 5.82 Å². The molecule has 0 unspecified atom stereocenters. The second-order valence-electron chi connectivity index (χ2n) is 6.55. The molecule has 0 heterocycles. The van der Waals surface area contributed by atoms with Crippen molar-refractivity contribution in [1.82, 2.24) is 9.62 Å². The number of nitrogens with one attached hydrogen (secondary N) is 1. The lowest BCUT2D eigenvalue weighted by Gasteiger charge is -2.17. The molecule has 0 spiro atoms. The minimum Gasteiger partial charge on any atom is -0.348 e. The molecule has 0 aliphatic carbocycles. The average molecular weight is 412 g/mol. The summed E-state index contributed by atoms with van der Waals surface area (Å²) >= 11 is 0. The van der Waals surface area contributed by atoms with E-state index >= 15 is 0 Å². The van der Waals surface area contributed by atoms with Gasteiger partial charge >= 0.3 is 0 Å². The Morgan fingerprint density at radius 1 is 0.931 bits per heavy atom. The second-order valence-corrected chi connectivity index (χ2v) is 8.59. The Bertz CT molecular complexity index is 1080. The SMILES string of the molecule is CN(Cc1ccc(C(=O)NCc2ccccc2F)cc1)S(=O)(=O)c1ccccc1. The lowest BCUT2D eigenvalue weighted by Crippen LogP contribution is -2.26. The van der Waals surface area contributed by atoms with Gasteiger partial charge in [-0.2, -0.15) is 4.31 Å². The van der Waals surface area contributed by atoms with Crippen LogP contribution in [-0.2, 0) is 23.1 Å². The summed E-state index contributed by atoms with van der Waals surface area (Å²) in [5, 5.41) is 2.68. The fourth-order valence-electron chi connectivity index (χ4n) is 2.80. The molecular weight excluding hydrogens is 391 g/mol. The van der Waals surface area contributed by atoms with Crippen LogP contribution in [0.15, 0.2) is 83.8 Å². The van der Waals surface area contributed by atoms with E-state index < -0.39 is 10.0 Å². The van der Waals surface area contributed by atoms with Crippen molar-refractivity contribution < 1.29 is 17.6 Å². The zero-order chi connectivity index (χ0) is 20.9. The summed E-state index contributed by atoms with van der Waals surface area (Å²) in [4.78, 5) is 12.5. The smallest absolute Gasteiger partial charge is 0.251 e. The summed E-state index contributed by atoms with van der Waals surface area (Å²) in [6.45, 7) is 0.264. The Hall–Kier alpha value is -3.03. The first-order valence-electron chi connectivity index (χ1n) is 9.00. The van der Waals surface area contributed by atoms with Gasteiger partial charge in [-0.3, -0.25) is 4.79 Å². The number of hydrogen-bond donors (Lipinski definition) is 1. The molecule has 5 nitrogen and oxygen atoms in total. The molecule has 0 saturated heterocycles. The number of carbonyl (C=O) groups excluding carboxylic acids is 1. The van der Waals surface area contributed by atoms with Gasteiger partial charge in [-0.1, -0.05) is 48.5 Å². The van der Waals surface area contributed by atoms with Crippen LogP contribution in [0.5, 0.6) is 0 Å². The van der Waals surface area contributed by atoms with E-state index in [1.807, 2.05) is 0 Å². The highest BCUT2D eigenvalue weighted by Gasteiger charge is 2.20. The van der Waals surface area contributed by atoms with Crippen LogP contribution in [0.1, 0.15) is 21.5 Å². The monoisotopic (exact) mass is 412 g/mol. The molecule has 0 aliphatic rings. The molecule has 0 fully saturated rings. The average Bonchev–Trinajstić information content (AvgIpc) is 2.74. The number of sulfonamides is 1. The van der Waals surface area contributed by atoms with Crippen LogP contribution in [0.3, 0.4) is 0 Å². The van der Waals surface area contributed by atoms with Crippen molar-refractivity contribution in [3.63, 3.8) is 0 Å². The number of halogens is 1. The lowest BCUT2D eigenvalue weighted by molar-refractivity contribution is 0.0950. The van der Waals surface area contributed by atoms with Crippen LogP contribution in [0.2, 0.25) is 0 Å². The van der Waals surface area contributed by atoms with Gasteiger partial charge < -0.3 is 5.32 Å². The minimum atomic E-state index is -3.59. The van der Waals surface area contributed by atoms with Crippen LogP contribution in [0.25, 0.3) is 0 Å². The molecule has 3 rings (SSSR count). The largest absolute Gasteiger partial charge is 0.348 e. The van der Waals surface area contributed by atoms with Crippen LogP contribution in [-0.4, -0.2) is 25.7 Å². The fourth-order valence-corrected chi connectivity index (χ4v) is 3.98. The third-order valence-electron chi connectivity index (χ3n) is 4.47. The van der Waals surface area contributed by atoms with E-state index in [1.54, 1.807) is 72.8 Å². The van der Waals surface area contributed by atoms with Crippen molar-refractivity contribution in [2.24, 2.45) is 0 Å². The summed E-state index contributed by atoms with van der Waals surface area (Å²) in [5.74, 6) is -0.698. The first-order chi connectivity index (χ1) is 13.9. The van der Waals surface area contributed by atoms with Gasteiger partial charge in [0.2, 0.25) is 10.0 Å². The first-order valence-corrected chi connectivity index (χ1v) is 10.4. The van der Waals surface area contributed by atoms with Gasteiger partial charge in [0.05, 0.1) is 4.90 Å². The predicted molar refractivity (Wildman–Crippen MR) is 109 cm³/mol. The van der Waals surface area contributed by atoms with E-state index in [9.17, 15) is 17.6 Å². The van der Waals surface area contributed by atoms with E-state index in [0.717, 1.165) is 5.56 Å². The van der Waals surface area contributed by atoms with Gasteiger partial charge in [0, 0.05) is 31.3 Å². The maximum absolute atomic E-state index is 13.6. The predicted octanol–water partition coefficient (Wildman–Crippen LogP) is 3.58. The van der Waals surface area contributed by atoms with E-state index in [2.05, 4.69) is 5.32 Å². The Balaban J connectivity index is 1.62. The van der Waals surface area contributed by atoms with Crippen molar-refractivity contribution in [2.45, 2.75) is 18.0 Å². The van der Waals surface area contributed by atoms with E-state index in [-0.39, 0.29) is 29.7 Å². The van der Waals surface area contributed by atoms with E-state index in [0.29, 0.717) is 11.1 Å². The Kier molecular flexibility index (Phi) is 6.41. The molecule has 3 aromatic carbocycles. The van der Waals surface area contributed by atoms with Crippen molar-refractivity contribution >= 4 is 15.9 Å². The van der Waals surface area contributed by atoms with Crippen LogP contribution >= 0.6 is 0 Å². The summed E-state index contributed by atoms with van der Waals surface area (Å²) in [7, 11) is -2.08. The van der Waals surface area contributed by atoms with Gasteiger partial charge in [-0.25, -0.2) is 12.8 Å². The molecule has 7 heteroatoms. The molecule has 29 heavy (non-hydrogen) atoms. The fraction of sp³-hybridized carbons (Fsp3) is 0.136.